The molecule has 0 spiro atoms. The molecule has 78 heavy (non-hydrogen) atoms. The van der Waals surface area contributed by atoms with Gasteiger partial charge in [-0.05, 0) is 206 Å². The predicted octanol–water partition coefficient (Wildman–Crippen LogP) is 18.1. The molecular formula is C73H80BN3O. The first-order valence-corrected chi connectivity index (χ1v) is 30.0. The molecule has 2 unspecified atom stereocenters. The summed E-state index contributed by atoms with van der Waals surface area (Å²) < 4.78 is 6.61. The largest absolute Gasteiger partial charge is 0.456 e. The molecule has 2 atom stereocenters. The highest BCUT2D eigenvalue weighted by atomic mass is 16.3. The van der Waals surface area contributed by atoms with E-state index in [1.54, 1.807) is 0 Å². The number of anilines is 8. The van der Waals surface area contributed by atoms with Gasteiger partial charge in [0, 0.05) is 61.7 Å². The smallest absolute Gasteiger partial charge is 0.252 e. The van der Waals surface area contributed by atoms with E-state index < -0.39 is 0 Å². The molecule has 4 heterocycles. The molecule has 1 aromatic heterocycles. The third-order valence-electron chi connectivity index (χ3n) is 22.5. The molecule has 1 saturated carbocycles. The van der Waals surface area contributed by atoms with Crippen LogP contribution in [0.1, 0.15) is 194 Å². The van der Waals surface area contributed by atoms with Gasteiger partial charge in [-0.1, -0.05) is 157 Å². The summed E-state index contributed by atoms with van der Waals surface area (Å²) in [7, 11) is 0. The van der Waals surface area contributed by atoms with Gasteiger partial charge in [0.25, 0.3) is 6.71 Å². The number of hydrogen-bond acceptors (Lipinski definition) is 4. The van der Waals surface area contributed by atoms with Crippen LogP contribution in [-0.2, 0) is 37.9 Å². The molecule has 1 fully saturated rings. The van der Waals surface area contributed by atoms with Crippen LogP contribution >= 0.6 is 0 Å². The van der Waals surface area contributed by atoms with E-state index in [0.717, 1.165) is 34.8 Å². The molecule has 4 nitrogen and oxygen atoms in total. The van der Waals surface area contributed by atoms with Crippen molar-refractivity contribution in [1.29, 1.82) is 0 Å². The van der Waals surface area contributed by atoms with E-state index in [1.807, 2.05) is 0 Å². The molecule has 15 rings (SSSR count). The Morgan fingerprint density at radius 1 is 0.372 bits per heavy atom. The molecule has 7 aromatic carbocycles. The number of hydrogen-bond donors (Lipinski definition) is 0. The third kappa shape index (κ3) is 6.37. The average Bonchev–Trinajstić information content (AvgIpc) is 2.58. The number of furan rings is 1. The molecule has 0 bridgehead atoms. The van der Waals surface area contributed by atoms with E-state index >= 15 is 0 Å². The number of nitrogens with zero attached hydrogens (tertiary/aromatic N) is 3. The van der Waals surface area contributed by atoms with E-state index in [4.69, 9.17) is 4.42 Å². The van der Waals surface area contributed by atoms with Gasteiger partial charge in [-0.15, -0.1) is 0 Å². The first-order chi connectivity index (χ1) is 36.8. The number of para-hydroxylation sites is 2. The minimum atomic E-state index is -0.134. The zero-order valence-electron chi connectivity index (χ0n) is 49.2. The first-order valence-electron chi connectivity index (χ1n) is 30.0. The van der Waals surface area contributed by atoms with Gasteiger partial charge in [-0.25, -0.2) is 0 Å². The summed E-state index contributed by atoms with van der Waals surface area (Å²) in [6.07, 6.45) is 10.6. The van der Waals surface area contributed by atoms with Crippen LogP contribution < -0.4 is 31.1 Å². The Bertz CT molecular complexity index is 3940. The highest BCUT2D eigenvalue weighted by Crippen LogP contribution is 2.63. The molecule has 0 N–H and O–H groups in total. The standard InChI is InChI=1S/C73H80BN3O/c1-66(2)31-32-67(3,4)51-36-45(25-27-49(51)66)76-59-41-54-52(68(5,6)33-34-69(54,7)8)39-56(59)74-57-40-53-55(71(11,12)43-70(53,9)10)42-60(57)75(44-26-28-64-48(35-44)47-21-15-18-24-63(47)78-64)61-37-46(38-62(76)65(61)74)77-58-23-17-16-22-50(58)72(13)29-19-20-30-73(72,77)14/h15-18,21-28,35-42H,19-20,29-34,43H2,1-14H3. The molecular weight excluding hydrogens is 946 g/mol. The average molecular weight is 1030 g/mol. The fourth-order valence-electron chi connectivity index (χ4n) is 17.9. The van der Waals surface area contributed by atoms with Gasteiger partial charge < -0.3 is 19.1 Å². The Morgan fingerprint density at radius 2 is 0.872 bits per heavy atom. The van der Waals surface area contributed by atoms with Gasteiger partial charge >= 0.3 is 0 Å². The Morgan fingerprint density at radius 3 is 1.53 bits per heavy atom. The lowest BCUT2D eigenvalue weighted by Gasteiger charge is -2.51. The van der Waals surface area contributed by atoms with E-state index in [9.17, 15) is 0 Å². The van der Waals surface area contributed by atoms with Crippen LogP contribution in [-0.4, -0.2) is 12.3 Å². The summed E-state index contributed by atoms with van der Waals surface area (Å²) in [4.78, 5) is 8.34. The van der Waals surface area contributed by atoms with E-state index in [1.165, 1.54) is 146 Å². The van der Waals surface area contributed by atoms with Crippen molar-refractivity contribution in [2.45, 2.75) is 198 Å². The first kappa shape index (κ1) is 48.9. The van der Waals surface area contributed by atoms with Gasteiger partial charge in [0.1, 0.15) is 11.2 Å². The zero-order valence-corrected chi connectivity index (χ0v) is 49.2. The second-order valence-electron chi connectivity index (χ2n) is 30.1. The Hall–Kier alpha value is -6.20. The fourth-order valence-corrected chi connectivity index (χ4v) is 17.9. The van der Waals surface area contributed by atoms with Crippen molar-refractivity contribution >= 4 is 90.5 Å². The van der Waals surface area contributed by atoms with Crippen LogP contribution in [0.2, 0.25) is 0 Å². The van der Waals surface area contributed by atoms with E-state index in [2.05, 4.69) is 233 Å². The van der Waals surface area contributed by atoms with Gasteiger partial charge in [-0.3, -0.25) is 0 Å². The van der Waals surface area contributed by atoms with Crippen LogP contribution in [0.25, 0.3) is 21.9 Å². The van der Waals surface area contributed by atoms with Gasteiger partial charge in [0.2, 0.25) is 0 Å². The summed E-state index contributed by atoms with van der Waals surface area (Å²) in [5, 5.41) is 2.31. The second kappa shape index (κ2) is 15.4. The van der Waals surface area contributed by atoms with Gasteiger partial charge in [-0.2, -0.15) is 0 Å². The molecule has 3 aliphatic heterocycles. The Kier molecular flexibility index (Phi) is 9.64. The van der Waals surface area contributed by atoms with Crippen LogP contribution in [0, 0.1) is 0 Å². The minimum Gasteiger partial charge on any atom is -0.456 e. The van der Waals surface area contributed by atoms with Crippen molar-refractivity contribution in [2.75, 3.05) is 14.7 Å². The molecule has 0 radical (unpaired) electrons. The minimum absolute atomic E-state index is 0.00156. The van der Waals surface area contributed by atoms with E-state index in [0.29, 0.717) is 0 Å². The van der Waals surface area contributed by atoms with Crippen molar-refractivity contribution in [3.63, 3.8) is 0 Å². The quantitative estimate of drug-likeness (QED) is 0.165. The van der Waals surface area contributed by atoms with Crippen LogP contribution in [0.3, 0.4) is 0 Å². The van der Waals surface area contributed by atoms with Crippen LogP contribution in [0.4, 0.5) is 45.5 Å². The van der Waals surface area contributed by atoms with Crippen molar-refractivity contribution in [1.82, 2.24) is 0 Å². The molecule has 7 aliphatic rings. The maximum atomic E-state index is 6.61. The third-order valence-corrected chi connectivity index (χ3v) is 22.5. The number of rotatable bonds is 3. The zero-order chi connectivity index (χ0) is 54.2. The van der Waals surface area contributed by atoms with Gasteiger partial charge in [0.05, 0.1) is 5.54 Å². The fraction of sp³-hybridized carbons (Fsp3) is 0.425. The van der Waals surface area contributed by atoms with Crippen molar-refractivity contribution < 1.29 is 4.42 Å². The normalized spacial score (nSPS) is 24.7. The van der Waals surface area contributed by atoms with Crippen LogP contribution in [0.15, 0.2) is 126 Å². The highest BCUT2D eigenvalue weighted by Gasteiger charge is 2.58. The summed E-state index contributed by atoms with van der Waals surface area (Å²) in [5.41, 5.74) is 27.0. The molecule has 8 aromatic rings. The monoisotopic (exact) mass is 1030 g/mol. The van der Waals surface area contributed by atoms with E-state index in [-0.39, 0.29) is 50.2 Å². The molecule has 4 aliphatic carbocycles. The van der Waals surface area contributed by atoms with Gasteiger partial charge in [0.15, 0.2) is 0 Å². The van der Waals surface area contributed by atoms with Crippen molar-refractivity contribution in [3.8, 4) is 0 Å². The molecule has 0 amide bonds. The maximum absolute atomic E-state index is 6.61. The SMILES string of the molecule is CC1(C)CCC(C)(C)c2cc(N3c4cc5c(cc4B4c6cc7c(cc6N(c6ccc8oc9ccccc9c8c6)c6cc(N8c9ccccc9C9(C)CCCCC89C)cc3c64)C(C)(C)CC7(C)C)C(C)(C)CCC5(C)C)ccc21. The summed E-state index contributed by atoms with van der Waals surface area (Å²) in [5.74, 6) is 0. The number of benzene rings is 7. The predicted molar refractivity (Wildman–Crippen MR) is 332 cm³/mol. The Balaban J connectivity index is 1.11. The van der Waals surface area contributed by atoms with Crippen LogP contribution in [0.5, 0.6) is 0 Å². The lowest BCUT2D eigenvalue weighted by atomic mass is 9.33. The van der Waals surface area contributed by atoms with Crippen molar-refractivity contribution in [2.24, 2.45) is 0 Å². The Labute approximate surface area is 465 Å². The van der Waals surface area contributed by atoms with Crippen molar-refractivity contribution in [3.05, 3.63) is 160 Å². The molecule has 5 heteroatoms. The number of fused-ring (bicyclic) bond motifs is 13. The molecule has 396 valence electrons. The lowest BCUT2D eigenvalue weighted by Crippen LogP contribution is -2.62. The maximum Gasteiger partial charge on any atom is 0.252 e. The topological polar surface area (TPSA) is 22.9 Å². The second-order valence-corrected chi connectivity index (χ2v) is 30.1. The summed E-state index contributed by atoms with van der Waals surface area (Å²) in [6.45, 7) is 35.2. The summed E-state index contributed by atoms with van der Waals surface area (Å²) in [6, 6.07) is 49.0. The summed E-state index contributed by atoms with van der Waals surface area (Å²) >= 11 is 0. The highest BCUT2D eigenvalue weighted by molar-refractivity contribution is 7.00. The molecule has 0 saturated heterocycles. The lowest BCUT2D eigenvalue weighted by molar-refractivity contribution is 0.195.